The zero-order valence-electron chi connectivity index (χ0n) is 10.9. The van der Waals surface area contributed by atoms with E-state index in [0.29, 0.717) is 11.7 Å². The highest BCUT2D eigenvalue weighted by molar-refractivity contribution is 5.32. The number of aromatic nitrogens is 2. The van der Waals surface area contributed by atoms with Gasteiger partial charge in [-0.05, 0) is 31.6 Å². The Hall–Kier alpha value is -1.16. The number of hydrogen-bond acceptors (Lipinski definition) is 4. The van der Waals surface area contributed by atoms with Crippen LogP contribution in [0.4, 0.5) is 5.82 Å². The number of nitrogen functional groups attached to an aromatic ring is 1. The van der Waals surface area contributed by atoms with E-state index < -0.39 is 0 Å². The number of ether oxygens (including phenoxy) is 1. The van der Waals surface area contributed by atoms with Crippen LogP contribution in [-0.4, -0.2) is 17.1 Å². The smallest absolute Gasteiger partial charge is 0.162 e. The molecule has 1 heterocycles. The van der Waals surface area contributed by atoms with Crippen LogP contribution in [0.2, 0.25) is 0 Å². The Balaban J connectivity index is 2.43. The van der Waals surface area contributed by atoms with E-state index in [4.69, 9.17) is 10.5 Å². The van der Waals surface area contributed by atoms with E-state index in [-0.39, 0.29) is 5.60 Å². The Morgan fingerprint density at radius 2 is 1.94 bits per heavy atom. The zero-order valence-corrected chi connectivity index (χ0v) is 10.9. The fourth-order valence-corrected chi connectivity index (χ4v) is 2.45. The number of anilines is 1. The molecule has 2 rings (SSSR count). The largest absolute Gasteiger partial charge is 0.384 e. The first-order chi connectivity index (χ1) is 8.07. The maximum Gasteiger partial charge on any atom is 0.162 e. The number of nitrogens with two attached hydrogens (primary N) is 1. The van der Waals surface area contributed by atoms with E-state index in [1.807, 2.05) is 6.07 Å². The van der Waals surface area contributed by atoms with Crippen molar-refractivity contribution in [1.82, 2.24) is 9.97 Å². The lowest BCUT2D eigenvalue weighted by Gasteiger charge is -2.26. The summed E-state index contributed by atoms with van der Waals surface area (Å²) in [5.74, 6) is 1.66. The van der Waals surface area contributed by atoms with Crippen molar-refractivity contribution in [2.45, 2.75) is 51.0 Å². The molecule has 1 fully saturated rings. The first-order valence-corrected chi connectivity index (χ1v) is 6.27. The molecule has 4 nitrogen and oxygen atoms in total. The molecular weight excluding hydrogens is 214 g/mol. The average Bonchev–Trinajstić information content (AvgIpc) is 2.78. The summed E-state index contributed by atoms with van der Waals surface area (Å²) in [4.78, 5) is 9.02. The fraction of sp³-hybridized carbons (Fsp3) is 0.692. The molecular formula is C13H21N3O. The highest BCUT2D eigenvalue weighted by Crippen LogP contribution is 2.40. The van der Waals surface area contributed by atoms with Gasteiger partial charge >= 0.3 is 0 Å². The van der Waals surface area contributed by atoms with Crippen molar-refractivity contribution in [3.63, 3.8) is 0 Å². The molecule has 0 radical (unpaired) electrons. The van der Waals surface area contributed by atoms with Crippen LogP contribution in [0.3, 0.4) is 0 Å². The van der Waals surface area contributed by atoms with Gasteiger partial charge in [0.1, 0.15) is 11.4 Å². The molecule has 17 heavy (non-hydrogen) atoms. The second-order valence-electron chi connectivity index (χ2n) is 5.10. The SMILES string of the molecule is COC1(c2nc(N)cc(C(C)C)n2)CCCC1. The van der Waals surface area contributed by atoms with Gasteiger partial charge in [-0.2, -0.15) is 0 Å². The minimum atomic E-state index is -0.307. The molecule has 1 aliphatic rings. The van der Waals surface area contributed by atoms with Crippen LogP contribution >= 0.6 is 0 Å². The average molecular weight is 235 g/mol. The minimum Gasteiger partial charge on any atom is -0.384 e. The molecule has 0 atom stereocenters. The number of rotatable bonds is 3. The van der Waals surface area contributed by atoms with Crippen LogP contribution in [0.5, 0.6) is 0 Å². The van der Waals surface area contributed by atoms with Gasteiger partial charge in [-0.3, -0.25) is 0 Å². The number of nitrogens with zero attached hydrogens (tertiary/aromatic N) is 2. The predicted molar refractivity (Wildman–Crippen MR) is 67.7 cm³/mol. The van der Waals surface area contributed by atoms with Gasteiger partial charge < -0.3 is 10.5 Å². The zero-order chi connectivity index (χ0) is 12.5. The van der Waals surface area contributed by atoms with Crippen LogP contribution in [0.1, 0.15) is 57.0 Å². The molecule has 1 saturated carbocycles. The van der Waals surface area contributed by atoms with Crippen LogP contribution in [0.25, 0.3) is 0 Å². The third-order valence-corrected chi connectivity index (χ3v) is 3.57. The van der Waals surface area contributed by atoms with Crippen molar-refractivity contribution >= 4 is 5.82 Å². The molecule has 94 valence electrons. The van der Waals surface area contributed by atoms with E-state index in [1.165, 1.54) is 12.8 Å². The molecule has 0 amide bonds. The topological polar surface area (TPSA) is 61.0 Å². The molecule has 0 aliphatic heterocycles. The quantitative estimate of drug-likeness (QED) is 0.874. The Morgan fingerprint density at radius 3 is 2.47 bits per heavy atom. The third-order valence-electron chi connectivity index (χ3n) is 3.57. The first-order valence-electron chi connectivity index (χ1n) is 6.27. The van der Waals surface area contributed by atoms with Crippen LogP contribution in [0, 0.1) is 0 Å². The van der Waals surface area contributed by atoms with Gasteiger partial charge in [-0.15, -0.1) is 0 Å². The van der Waals surface area contributed by atoms with Gasteiger partial charge in [0.2, 0.25) is 0 Å². The monoisotopic (exact) mass is 235 g/mol. The van der Waals surface area contributed by atoms with Gasteiger partial charge in [0.15, 0.2) is 5.82 Å². The fourth-order valence-electron chi connectivity index (χ4n) is 2.45. The summed E-state index contributed by atoms with van der Waals surface area (Å²) in [6, 6.07) is 1.85. The van der Waals surface area contributed by atoms with Crippen molar-refractivity contribution in [1.29, 1.82) is 0 Å². The van der Waals surface area contributed by atoms with Gasteiger partial charge in [-0.1, -0.05) is 13.8 Å². The molecule has 0 aromatic carbocycles. The molecule has 0 saturated heterocycles. The van der Waals surface area contributed by atoms with Gasteiger partial charge in [-0.25, -0.2) is 9.97 Å². The van der Waals surface area contributed by atoms with E-state index in [2.05, 4.69) is 23.8 Å². The van der Waals surface area contributed by atoms with Crippen LogP contribution in [0.15, 0.2) is 6.07 Å². The Bertz CT molecular complexity index is 398. The summed E-state index contributed by atoms with van der Waals surface area (Å²) in [6.45, 7) is 4.22. The molecule has 2 N–H and O–H groups in total. The standard InChI is InChI=1S/C13H21N3O/c1-9(2)10-8-11(14)16-12(15-10)13(17-3)6-4-5-7-13/h8-9H,4-7H2,1-3H3,(H2,14,15,16). The van der Waals surface area contributed by atoms with Crippen LogP contribution < -0.4 is 5.73 Å². The predicted octanol–water partition coefficient (Wildman–Crippen LogP) is 2.60. The van der Waals surface area contributed by atoms with E-state index in [0.717, 1.165) is 24.4 Å². The molecule has 0 bridgehead atoms. The number of hydrogen-bond donors (Lipinski definition) is 1. The minimum absolute atomic E-state index is 0.307. The summed E-state index contributed by atoms with van der Waals surface area (Å²) in [5.41, 5.74) is 6.56. The summed E-state index contributed by atoms with van der Waals surface area (Å²) in [7, 11) is 1.74. The highest BCUT2D eigenvalue weighted by atomic mass is 16.5. The Kier molecular flexibility index (Phi) is 3.33. The van der Waals surface area contributed by atoms with Gasteiger partial charge in [0, 0.05) is 18.9 Å². The van der Waals surface area contributed by atoms with E-state index in [9.17, 15) is 0 Å². The molecule has 0 unspecified atom stereocenters. The van der Waals surface area contributed by atoms with Gasteiger partial charge in [0.25, 0.3) is 0 Å². The lowest BCUT2D eigenvalue weighted by Crippen LogP contribution is -2.28. The summed E-state index contributed by atoms with van der Waals surface area (Å²) < 4.78 is 5.69. The van der Waals surface area contributed by atoms with Crippen molar-refractivity contribution < 1.29 is 4.74 Å². The molecule has 1 aliphatic carbocycles. The maximum atomic E-state index is 5.87. The normalized spacial score (nSPS) is 18.8. The van der Waals surface area contributed by atoms with E-state index >= 15 is 0 Å². The van der Waals surface area contributed by atoms with Crippen LogP contribution in [-0.2, 0) is 10.3 Å². The molecule has 1 aromatic rings. The summed E-state index contributed by atoms with van der Waals surface area (Å²) in [5, 5.41) is 0. The molecule has 1 aromatic heterocycles. The third kappa shape index (κ3) is 2.27. The lowest BCUT2D eigenvalue weighted by atomic mass is 10.00. The number of methoxy groups -OCH3 is 1. The second kappa shape index (κ2) is 4.61. The second-order valence-corrected chi connectivity index (χ2v) is 5.10. The van der Waals surface area contributed by atoms with Crippen molar-refractivity contribution in [2.75, 3.05) is 12.8 Å². The maximum absolute atomic E-state index is 5.87. The molecule has 4 heteroatoms. The van der Waals surface area contributed by atoms with E-state index in [1.54, 1.807) is 7.11 Å². The van der Waals surface area contributed by atoms with Crippen molar-refractivity contribution in [3.05, 3.63) is 17.6 Å². The Morgan fingerprint density at radius 1 is 1.29 bits per heavy atom. The van der Waals surface area contributed by atoms with Gasteiger partial charge in [0.05, 0.1) is 0 Å². The van der Waals surface area contributed by atoms with Crippen molar-refractivity contribution in [2.24, 2.45) is 0 Å². The summed E-state index contributed by atoms with van der Waals surface area (Å²) >= 11 is 0. The highest BCUT2D eigenvalue weighted by Gasteiger charge is 2.38. The molecule has 0 spiro atoms. The first kappa shape index (κ1) is 12.3. The summed E-state index contributed by atoms with van der Waals surface area (Å²) in [6.07, 6.45) is 4.32. The lowest BCUT2D eigenvalue weighted by molar-refractivity contribution is -0.0163. The Labute approximate surface area is 103 Å². The van der Waals surface area contributed by atoms with Crippen molar-refractivity contribution in [3.8, 4) is 0 Å².